The van der Waals surface area contributed by atoms with Gasteiger partial charge in [-0.1, -0.05) is 17.5 Å². The molecule has 114 valence electrons. The molecule has 0 bridgehead atoms. The van der Waals surface area contributed by atoms with Crippen molar-refractivity contribution >= 4 is 40.6 Å². The number of carbonyl (C=O) groups excluding carboxylic acids is 2. The van der Waals surface area contributed by atoms with Crippen molar-refractivity contribution in [2.75, 3.05) is 20.8 Å². The van der Waals surface area contributed by atoms with E-state index in [1.165, 1.54) is 14.2 Å². The zero-order valence-corrected chi connectivity index (χ0v) is 13.5. The smallest absolute Gasteiger partial charge is 0.293 e. The van der Waals surface area contributed by atoms with Gasteiger partial charge in [0.1, 0.15) is 6.61 Å². The topological polar surface area (TPSA) is 55.8 Å². The second-order valence-corrected chi connectivity index (χ2v) is 5.67. The molecule has 0 aliphatic carbocycles. The Morgan fingerprint density at radius 3 is 2.73 bits per heavy atom. The van der Waals surface area contributed by atoms with Crippen molar-refractivity contribution in [3.63, 3.8) is 0 Å². The number of imide groups is 1. The van der Waals surface area contributed by atoms with Gasteiger partial charge in [0.05, 0.1) is 17.0 Å². The van der Waals surface area contributed by atoms with Crippen molar-refractivity contribution in [2.24, 2.45) is 0 Å². The maximum Gasteiger partial charge on any atom is 0.293 e. The van der Waals surface area contributed by atoms with Gasteiger partial charge in [0.2, 0.25) is 0 Å². The van der Waals surface area contributed by atoms with E-state index in [-0.39, 0.29) is 17.8 Å². The second kappa shape index (κ2) is 6.77. The second-order valence-electron chi connectivity index (χ2n) is 4.27. The SMILES string of the molecule is C#CCOc1c(Cl)cc(/C=C2\SC(=O)N(C)C2=O)cc1OC. The Kier molecular flexibility index (Phi) is 5.01. The van der Waals surface area contributed by atoms with E-state index in [0.29, 0.717) is 27.0 Å². The summed E-state index contributed by atoms with van der Waals surface area (Å²) >= 11 is 7.03. The van der Waals surface area contributed by atoms with Crippen LogP contribution in [0, 0.1) is 12.3 Å². The van der Waals surface area contributed by atoms with Gasteiger partial charge in [0, 0.05) is 7.05 Å². The van der Waals surface area contributed by atoms with Crippen LogP contribution in [0.4, 0.5) is 4.79 Å². The fraction of sp³-hybridized carbons (Fsp3) is 0.200. The number of halogens is 1. The largest absolute Gasteiger partial charge is 0.493 e. The minimum absolute atomic E-state index is 0.0597. The highest BCUT2D eigenvalue weighted by molar-refractivity contribution is 8.18. The number of benzene rings is 1. The lowest BCUT2D eigenvalue weighted by molar-refractivity contribution is -0.121. The summed E-state index contributed by atoms with van der Waals surface area (Å²) in [5.74, 6) is 2.72. The van der Waals surface area contributed by atoms with Gasteiger partial charge in [-0.25, -0.2) is 0 Å². The lowest BCUT2D eigenvalue weighted by Gasteiger charge is -2.11. The monoisotopic (exact) mass is 337 g/mol. The molecule has 0 unspecified atom stereocenters. The fourth-order valence-electron chi connectivity index (χ4n) is 1.77. The average molecular weight is 338 g/mol. The first-order valence-corrected chi connectivity index (χ1v) is 7.32. The number of ether oxygens (including phenoxy) is 2. The van der Waals surface area contributed by atoms with E-state index in [2.05, 4.69) is 5.92 Å². The zero-order valence-electron chi connectivity index (χ0n) is 11.9. The van der Waals surface area contributed by atoms with Crippen molar-refractivity contribution in [1.29, 1.82) is 0 Å². The third-order valence-electron chi connectivity index (χ3n) is 2.84. The third-order valence-corrected chi connectivity index (χ3v) is 4.08. The van der Waals surface area contributed by atoms with E-state index in [1.54, 1.807) is 18.2 Å². The molecule has 2 amide bonds. The van der Waals surface area contributed by atoms with Gasteiger partial charge in [-0.05, 0) is 35.5 Å². The van der Waals surface area contributed by atoms with E-state index in [9.17, 15) is 9.59 Å². The molecule has 1 aliphatic rings. The van der Waals surface area contributed by atoms with Gasteiger partial charge < -0.3 is 9.47 Å². The summed E-state index contributed by atoms with van der Waals surface area (Å²) in [5.41, 5.74) is 0.619. The summed E-state index contributed by atoms with van der Waals surface area (Å²) in [6, 6.07) is 3.26. The van der Waals surface area contributed by atoms with Crippen molar-refractivity contribution in [1.82, 2.24) is 4.90 Å². The Morgan fingerprint density at radius 2 is 2.18 bits per heavy atom. The molecule has 1 heterocycles. The number of amides is 2. The number of hydrogen-bond acceptors (Lipinski definition) is 5. The highest BCUT2D eigenvalue weighted by Gasteiger charge is 2.31. The molecule has 5 nitrogen and oxygen atoms in total. The number of methoxy groups -OCH3 is 1. The molecule has 0 radical (unpaired) electrons. The molecular weight excluding hydrogens is 326 g/mol. The quantitative estimate of drug-likeness (QED) is 0.624. The Hall–Kier alpha value is -2.10. The Labute approximate surface area is 137 Å². The average Bonchev–Trinajstić information content (AvgIpc) is 2.73. The van der Waals surface area contributed by atoms with Gasteiger partial charge in [-0.3, -0.25) is 14.5 Å². The normalized spacial score (nSPS) is 16.1. The standard InChI is InChI=1S/C15H12ClNO4S/c1-4-5-21-13-10(16)6-9(7-11(13)20-3)8-12-14(18)17(2)15(19)22-12/h1,6-8H,5H2,2-3H3/b12-8-. The van der Waals surface area contributed by atoms with Gasteiger partial charge in [-0.15, -0.1) is 6.42 Å². The molecule has 1 saturated heterocycles. The minimum Gasteiger partial charge on any atom is -0.493 e. The number of hydrogen-bond donors (Lipinski definition) is 0. The number of thioether (sulfide) groups is 1. The lowest BCUT2D eigenvalue weighted by atomic mass is 10.2. The van der Waals surface area contributed by atoms with E-state index >= 15 is 0 Å². The number of nitrogens with zero attached hydrogens (tertiary/aromatic N) is 1. The van der Waals surface area contributed by atoms with E-state index in [0.717, 1.165) is 16.7 Å². The molecule has 0 aromatic heterocycles. The first-order chi connectivity index (χ1) is 10.5. The number of likely N-dealkylation sites (N-methyl/N-ethyl adjacent to an activating group) is 1. The molecule has 2 rings (SSSR count). The predicted molar refractivity (Wildman–Crippen MR) is 86.1 cm³/mol. The molecule has 0 saturated carbocycles. The maximum absolute atomic E-state index is 11.9. The molecule has 1 aromatic carbocycles. The fourth-order valence-corrected chi connectivity index (χ4v) is 2.87. The van der Waals surface area contributed by atoms with Crippen molar-refractivity contribution < 1.29 is 19.1 Å². The Morgan fingerprint density at radius 1 is 1.45 bits per heavy atom. The Balaban J connectivity index is 2.38. The molecule has 1 fully saturated rings. The zero-order chi connectivity index (χ0) is 16.3. The number of carbonyl (C=O) groups is 2. The number of terminal acetylenes is 1. The van der Waals surface area contributed by atoms with Crippen LogP contribution in [0.25, 0.3) is 6.08 Å². The minimum atomic E-state index is -0.349. The summed E-state index contributed by atoms with van der Waals surface area (Å²) in [6.07, 6.45) is 6.73. The van der Waals surface area contributed by atoms with Crippen LogP contribution in [-0.2, 0) is 4.79 Å². The van der Waals surface area contributed by atoms with Crippen LogP contribution in [0.15, 0.2) is 17.0 Å². The van der Waals surface area contributed by atoms with Crippen LogP contribution in [0.5, 0.6) is 11.5 Å². The highest BCUT2D eigenvalue weighted by atomic mass is 35.5. The highest BCUT2D eigenvalue weighted by Crippen LogP contribution is 2.38. The Bertz CT molecular complexity index is 708. The van der Waals surface area contributed by atoms with Gasteiger partial charge >= 0.3 is 0 Å². The van der Waals surface area contributed by atoms with Gasteiger partial charge in [0.25, 0.3) is 11.1 Å². The van der Waals surface area contributed by atoms with E-state index in [4.69, 9.17) is 27.5 Å². The molecule has 1 aromatic rings. The summed E-state index contributed by atoms with van der Waals surface area (Å²) in [4.78, 5) is 24.7. The van der Waals surface area contributed by atoms with E-state index < -0.39 is 0 Å². The molecule has 0 spiro atoms. The predicted octanol–water partition coefficient (Wildman–Crippen LogP) is 3.03. The molecule has 7 heteroatoms. The first-order valence-electron chi connectivity index (χ1n) is 6.13. The van der Waals surface area contributed by atoms with Crippen molar-refractivity contribution in [3.8, 4) is 23.8 Å². The molecule has 0 N–H and O–H groups in total. The van der Waals surface area contributed by atoms with Crippen LogP contribution in [0.1, 0.15) is 5.56 Å². The van der Waals surface area contributed by atoms with Crippen molar-refractivity contribution in [3.05, 3.63) is 27.6 Å². The van der Waals surface area contributed by atoms with Crippen LogP contribution in [-0.4, -0.2) is 36.8 Å². The molecule has 22 heavy (non-hydrogen) atoms. The summed E-state index contributed by atoms with van der Waals surface area (Å²) < 4.78 is 10.6. The third kappa shape index (κ3) is 3.21. The van der Waals surface area contributed by atoms with Crippen LogP contribution < -0.4 is 9.47 Å². The summed E-state index contributed by atoms with van der Waals surface area (Å²) in [5, 5.41) is -0.0140. The summed E-state index contributed by atoms with van der Waals surface area (Å²) in [6.45, 7) is 0.0597. The van der Waals surface area contributed by atoms with Crippen LogP contribution in [0.2, 0.25) is 5.02 Å². The first kappa shape index (κ1) is 16.3. The molecule has 0 atom stereocenters. The molecular formula is C15H12ClNO4S. The number of rotatable bonds is 4. The van der Waals surface area contributed by atoms with Crippen LogP contribution in [0.3, 0.4) is 0 Å². The van der Waals surface area contributed by atoms with Crippen LogP contribution >= 0.6 is 23.4 Å². The lowest BCUT2D eigenvalue weighted by Crippen LogP contribution is -2.22. The van der Waals surface area contributed by atoms with E-state index in [1.807, 2.05) is 0 Å². The summed E-state index contributed by atoms with van der Waals surface area (Å²) in [7, 11) is 2.90. The molecule has 1 aliphatic heterocycles. The van der Waals surface area contributed by atoms with Crippen molar-refractivity contribution in [2.45, 2.75) is 0 Å². The van der Waals surface area contributed by atoms with Gasteiger partial charge in [-0.2, -0.15) is 0 Å². The van der Waals surface area contributed by atoms with Gasteiger partial charge in [0.15, 0.2) is 11.5 Å². The maximum atomic E-state index is 11.9.